The SMILES string of the molecule is CCC1=C(C)CC(C)(C)O1. The van der Waals surface area contributed by atoms with Gasteiger partial charge in [0, 0.05) is 12.8 Å². The van der Waals surface area contributed by atoms with Gasteiger partial charge in [-0.25, -0.2) is 0 Å². The van der Waals surface area contributed by atoms with Crippen molar-refractivity contribution in [2.45, 2.75) is 46.1 Å². The number of allylic oxidation sites excluding steroid dienone is 1. The summed E-state index contributed by atoms with van der Waals surface area (Å²) in [6, 6.07) is 0. The molecule has 1 heterocycles. The summed E-state index contributed by atoms with van der Waals surface area (Å²) in [5, 5.41) is 0. The number of hydrogen-bond acceptors (Lipinski definition) is 1. The van der Waals surface area contributed by atoms with E-state index in [-0.39, 0.29) is 5.60 Å². The van der Waals surface area contributed by atoms with Crippen molar-refractivity contribution in [2.75, 3.05) is 0 Å². The van der Waals surface area contributed by atoms with Crippen molar-refractivity contribution in [3.8, 4) is 0 Å². The van der Waals surface area contributed by atoms with Crippen LogP contribution in [0.5, 0.6) is 0 Å². The molecular formula is C9H16O. The van der Waals surface area contributed by atoms with Gasteiger partial charge in [-0.3, -0.25) is 0 Å². The lowest BCUT2D eigenvalue weighted by molar-refractivity contribution is 0.0578. The minimum atomic E-state index is 0.0649. The van der Waals surface area contributed by atoms with E-state index in [1.165, 1.54) is 11.3 Å². The molecule has 0 aromatic carbocycles. The van der Waals surface area contributed by atoms with Crippen LogP contribution in [0.25, 0.3) is 0 Å². The van der Waals surface area contributed by atoms with Crippen LogP contribution in [0.15, 0.2) is 11.3 Å². The summed E-state index contributed by atoms with van der Waals surface area (Å²) in [4.78, 5) is 0. The third kappa shape index (κ3) is 1.34. The summed E-state index contributed by atoms with van der Waals surface area (Å²) >= 11 is 0. The van der Waals surface area contributed by atoms with Crippen LogP contribution in [0, 0.1) is 0 Å². The smallest absolute Gasteiger partial charge is 0.107 e. The van der Waals surface area contributed by atoms with Crippen molar-refractivity contribution in [2.24, 2.45) is 0 Å². The first-order chi connectivity index (χ1) is 4.55. The minimum absolute atomic E-state index is 0.0649. The summed E-state index contributed by atoms with van der Waals surface area (Å²) in [6.45, 7) is 8.58. The van der Waals surface area contributed by atoms with Gasteiger partial charge >= 0.3 is 0 Å². The fraction of sp³-hybridized carbons (Fsp3) is 0.778. The number of rotatable bonds is 1. The van der Waals surface area contributed by atoms with Gasteiger partial charge in [0.15, 0.2) is 0 Å². The lowest BCUT2D eigenvalue weighted by Crippen LogP contribution is -2.17. The van der Waals surface area contributed by atoms with Gasteiger partial charge in [0.05, 0.1) is 5.76 Å². The fourth-order valence-corrected chi connectivity index (χ4v) is 1.57. The van der Waals surface area contributed by atoms with E-state index >= 15 is 0 Å². The maximum Gasteiger partial charge on any atom is 0.107 e. The van der Waals surface area contributed by atoms with Crippen molar-refractivity contribution in [1.29, 1.82) is 0 Å². The standard InChI is InChI=1S/C9H16O/c1-5-8-7(2)6-9(3,4)10-8/h5-6H2,1-4H3. The molecule has 0 aromatic heterocycles. The van der Waals surface area contributed by atoms with E-state index in [0.29, 0.717) is 0 Å². The number of hydrogen-bond donors (Lipinski definition) is 0. The monoisotopic (exact) mass is 140 g/mol. The molecule has 1 heteroatoms. The molecule has 0 aromatic rings. The lowest BCUT2D eigenvalue weighted by atomic mass is 10.0. The van der Waals surface area contributed by atoms with Crippen molar-refractivity contribution in [3.63, 3.8) is 0 Å². The Hall–Kier alpha value is -0.460. The summed E-state index contributed by atoms with van der Waals surface area (Å²) < 4.78 is 5.69. The van der Waals surface area contributed by atoms with Gasteiger partial charge in [0.1, 0.15) is 5.60 Å². The van der Waals surface area contributed by atoms with Gasteiger partial charge in [0.25, 0.3) is 0 Å². The second-order valence-electron chi connectivity index (χ2n) is 3.60. The molecular weight excluding hydrogens is 124 g/mol. The summed E-state index contributed by atoms with van der Waals surface area (Å²) in [5.41, 5.74) is 1.49. The molecule has 1 aliphatic rings. The Labute approximate surface area is 63.1 Å². The van der Waals surface area contributed by atoms with Crippen molar-refractivity contribution in [3.05, 3.63) is 11.3 Å². The zero-order valence-corrected chi connectivity index (χ0v) is 7.32. The van der Waals surface area contributed by atoms with Gasteiger partial charge in [-0.05, 0) is 26.3 Å². The van der Waals surface area contributed by atoms with Crippen molar-refractivity contribution < 1.29 is 4.74 Å². The maximum absolute atomic E-state index is 5.69. The molecule has 1 rings (SSSR count). The lowest BCUT2D eigenvalue weighted by Gasteiger charge is -2.18. The molecule has 0 bridgehead atoms. The van der Waals surface area contributed by atoms with E-state index in [0.717, 1.165) is 12.8 Å². The second-order valence-corrected chi connectivity index (χ2v) is 3.60. The van der Waals surface area contributed by atoms with E-state index in [1.807, 2.05) is 0 Å². The molecule has 10 heavy (non-hydrogen) atoms. The predicted molar refractivity (Wildman–Crippen MR) is 42.8 cm³/mol. The van der Waals surface area contributed by atoms with Crippen LogP contribution in [0.3, 0.4) is 0 Å². The Kier molecular flexibility index (Phi) is 1.76. The number of ether oxygens (including phenoxy) is 1. The zero-order chi connectivity index (χ0) is 7.78. The Balaban J connectivity index is 2.68. The molecule has 0 radical (unpaired) electrons. The van der Waals surface area contributed by atoms with Gasteiger partial charge in [-0.2, -0.15) is 0 Å². The molecule has 58 valence electrons. The van der Waals surface area contributed by atoms with Crippen LogP contribution >= 0.6 is 0 Å². The van der Waals surface area contributed by atoms with Crippen molar-refractivity contribution in [1.82, 2.24) is 0 Å². The Morgan fingerprint density at radius 2 is 2.10 bits per heavy atom. The average Bonchev–Trinajstić information content (AvgIpc) is 2.05. The molecule has 0 fully saturated rings. The van der Waals surface area contributed by atoms with E-state index in [9.17, 15) is 0 Å². The third-order valence-electron chi connectivity index (χ3n) is 1.89. The molecule has 0 atom stereocenters. The quantitative estimate of drug-likeness (QED) is 0.544. The maximum atomic E-state index is 5.69. The molecule has 0 aliphatic carbocycles. The van der Waals surface area contributed by atoms with Gasteiger partial charge in [0.2, 0.25) is 0 Å². The van der Waals surface area contributed by atoms with Crippen LogP contribution in [0.2, 0.25) is 0 Å². The van der Waals surface area contributed by atoms with Gasteiger partial charge in [-0.15, -0.1) is 0 Å². The zero-order valence-electron chi connectivity index (χ0n) is 7.32. The summed E-state index contributed by atoms with van der Waals surface area (Å²) in [6.07, 6.45) is 2.13. The van der Waals surface area contributed by atoms with E-state index in [1.54, 1.807) is 0 Å². The van der Waals surface area contributed by atoms with E-state index in [2.05, 4.69) is 27.7 Å². The molecule has 0 unspecified atom stereocenters. The molecule has 1 nitrogen and oxygen atoms in total. The van der Waals surface area contributed by atoms with Crippen LogP contribution < -0.4 is 0 Å². The average molecular weight is 140 g/mol. The van der Waals surface area contributed by atoms with Crippen LogP contribution in [0.4, 0.5) is 0 Å². The van der Waals surface area contributed by atoms with Gasteiger partial charge in [-0.1, -0.05) is 6.92 Å². The predicted octanol–water partition coefficient (Wildman–Crippen LogP) is 2.87. The van der Waals surface area contributed by atoms with Crippen molar-refractivity contribution >= 4 is 0 Å². The largest absolute Gasteiger partial charge is 0.492 e. The Morgan fingerprint density at radius 1 is 1.50 bits per heavy atom. The molecule has 0 saturated heterocycles. The van der Waals surface area contributed by atoms with Gasteiger partial charge < -0.3 is 4.74 Å². The molecule has 1 aliphatic heterocycles. The topological polar surface area (TPSA) is 9.23 Å². The third-order valence-corrected chi connectivity index (χ3v) is 1.89. The second kappa shape index (κ2) is 2.30. The Morgan fingerprint density at radius 3 is 2.30 bits per heavy atom. The van der Waals surface area contributed by atoms with E-state index in [4.69, 9.17) is 4.74 Å². The minimum Gasteiger partial charge on any atom is -0.492 e. The highest BCUT2D eigenvalue weighted by Crippen LogP contribution is 2.34. The highest BCUT2D eigenvalue weighted by atomic mass is 16.5. The highest BCUT2D eigenvalue weighted by molar-refractivity contribution is 5.14. The van der Waals surface area contributed by atoms with Crippen LogP contribution in [-0.2, 0) is 4.74 Å². The fourth-order valence-electron chi connectivity index (χ4n) is 1.57. The molecule has 0 saturated carbocycles. The summed E-state index contributed by atoms with van der Waals surface area (Å²) in [5.74, 6) is 1.20. The first-order valence-corrected chi connectivity index (χ1v) is 3.93. The molecule has 0 N–H and O–H groups in total. The normalized spacial score (nSPS) is 23.2. The Bertz CT molecular complexity index is 166. The highest BCUT2D eigenvalue weighted by Gasteiger charge is 2.28. The molecule has 0 spiro atoms. The molecule has 0 amide bonds. The first kappa shape index (κ1) is 7.64. The van der Waals surface area contributed by atoms with Crippen LogP contribution in [-0.4, -0.2) is 5.60 Å². The van der Waals surface area contributed by atoms with Crippen LogP contribution in [0.1, 0.15) is 40.5 Å². The summed E-state index contributed by atoms with van der Waals surface area (Å²) in [7, 11) is 0. The van der Waals surface area contributed by atoms with E-state index < -0.39 is 0 Å². The first-order valence-electron chi connectivity index (χ1n) is 3.93.